The van der Waals surface area contributed by atoms with Gasteiger partial charge in [0.15, 0.2) is 18.9 Å². The average Bonchev–Trinajstić information content (AvgIpc) is 3.14. The van der Waals surface area contributed by atoms with Crippen LogP contribution >= 0.6 is 0 Å². The second-order valence-corrected chi connectivity index (χ2v) is 14.0. The first-order valence-electron chi connectivity index (χ1n) is 17.6. The van der Waals surface area contributed by atoms with Crippen molar-refractivity contribution in [2.24, 2.45) is 0 Å². The quantitative estimate of drug-likeness (QED) is 0.0773. The van der Waals surface area contributed by atoms with Crippen LogP contribution in [0, 0.1) is 0 Å². The number of nitrogens with one attached hydrogen (secondary N) is 2. The molecule has 0 aromatic heterocycles. The van der Waals surface area contributed by atoms with Gasteiger partial charge in [-0.25, -0.2) is 4.79 Å². The van der Waals surface area contributed by atoms with E-state index in [4.69, 9.17) is 33.2 Å². The lowest BCUT2D eigenvalue weighted by atomic mass is 9.88. The molecule has 4 fully saturated rings. The van der Waals surface area contributed by atoms with Gasteiger partial charge in [0.1, 0.15) is 85.4 Å². The van der Waals surface area contributed by atoms with E-state index < -0.39 is 172 Å². The monoisotopic (exact) mass is 844 g/mol. The summed E-state index contributed by atoms with van der Waals surface area (Å²) < 4.78 is 39.7. The number of hydrogen-bond donors (Lipinski definition) is 15. The molecule has 0 aromatic carbocycles. The van der Waals surface area contributed by atoms with Crippen LogP contribution in [0.3, 0.4) is 0 Å². The Morgan fingerprint density at radius 1 is 0.750 bits per heavy atom. The topological polar surface area (TPSA) is 403 Å². The minimum atomic E-state index is -3.12. The Labute approximate surface area is 335 Å². The molecule has 0 saturated carbocycles. The Balaban J connectivity index is -0.000000414. The van der Waals surface area contributed by atoms with Crippen LogP contribution in [0.25, 0.3) is 0 Å². The highest BCUT2D eigenvalue weighted by atomic mass is 16.8. The molecule has 4 aliphatic rings. The molecule has 2 unspecified atom stereocenters. The van der Waals surface area contributed by atoms with Crippen molar-refractivity contribution in [3.63, 3.8) is 0 Å². The molecule has 4 aliphatic heterocycles. The van der Waals surface area contributed by atoms with Gasteiger partial charge in [-0.15, -0.1) is 0 Å². The summed E-state index contributed by atoms with van der Waals surface area (Å²) >= 11 is 0. The molecule has 0 radical (unpaired) electrons. The maximum Gasteiger partial charge on any atom is 0.364 e. The number of carboxylic acids is 1. The van der Waals surface area contributed by atoms with Crippen LogP contribution in [0.5, 0.6) is 0 Å². The molecule has 348 valence electrons. The van der Waals surface area contributed by atoms with Gasteiger partial charge in [0.05, 0.1) is 38.1 Å². The van der Waals surface area contributed by atoms with Crippen LogP contribution in [0.4, 0.5) is 0 Å². The number of aliphatic hydroxyl groups excluding tert-OH is 12. The van der Waals surface area contributed by atoms with Crippen molar-refractivity contribution in [2.75, 3.05) is 19.8 Å². The first-order chi connectivity index (χ1) is 26.2. The number of hydrogen-bond acceptors (Lipinski definition) is 22. The first kappa shape index (κ1) is 46.3. The highest BCUT2D eigenvalue weighted by molar-refractivity contribution is 5.76. The van der Waals surface area contributed by atoms with E-state index >= 15 is 0 Å². The fourth-order valence-corrected chi connectivity index (χ4v) is 6.99. The molecule has 0 spiro atoms. The van der Waals surface area contributed by atoms with Crippen molar-refractivity contribution in [3.05, 3.63) is 0 Å². The average molecular weight is 845 g/mol. The number of aliphatic hydroxyl groups is 12. The Morgan fingerprint density at radius 2 is 1.32 bits per heavy atom. The number of carbonyl (C=O) groups excluding carboxylic acids is 2. The zero-order valence-electron chi connectivity index (χ0n) is 30.3. The lowest BCUT2D eigenvalue weighted by molar-refractivity contribution is -0.389. The summed E-state index contributed by atoms with van der Waals surface area (Å²) in [7, 11) is 0. The predicted molar refractivity (Wildman–Crippen MR) is 198 cm³/mol. The van der Waals surface area contributed by atoms with Gasteiger partial charge in [-0.3, -0.25) is 9.59 Å². The minimum absolute atomic E-state index is 0. The van der Waals surface area contributed by atoms with E-state index in [2.05, 4.69) is 10.6 Å². The van der Waals surface area contributed by atoms with E-state index in [0.29, 0.717) is 0 Å². The number of carboxylic acid groups (broad SMARTS) is 1. The molecule has 21 atom stereocenters. The van der Waals surface area contributed by atoms with Crippen molar-refractivity contribution < 1.29 is 131 Å². The molecule has 15 N–H and O–H groups in total. The van der Waals surface area contributed by atoms with Crippen molar-refractivity contribution in [1.82, 2.24) is 10.6 Å². The molecular weight excluding hydrogens is 768 g/mol. The predicted octanol–water partition coefficient (Wildman–Crippen LogP) is -6.28. The smallest absolute Gasteiger partial charge is 0.364 e. The number of ether oxygens (including phenoxy) is 7. The highest BCUT2D eigenvalue weighted by Crippen LogP contribution is 2.39. The minimum Gasteiger partial charge on any atom is -0.477 e. The third-order valence-corrected chi connectivity index (χ3v) is 9.94. The molecule has 2 amide bonds. The third-order valence-electron chi connectivity index (χ3n) is 9.94. The van der Waals surface area contributed by atoms with Crippen LogP contribution in [-0.4, -0.2) is 232 Å². The van der Waals surface area contributed by atoms with E-state index in [9.17, 15) is 80.8 Å². The molecule has 25 heteroatoms. The Morgan fingerprint density at radius 3 is 1.88 bits per heavy atom. The Hall–Kier alpha value is -2.35. The Kier molecular flexibility index (Phi) is 15.8. The van der Waals surface area contributed by atoms with Crippen LogP contribution < -0.4 is 10.6 Å². The largest absolute Gasteiger partial charge is 0.477 e. The third kappa shape index (κ3) is 9.74. The van der Waals surface area contributed by atoms with Gasteiger partial charge >= 0.3 is 5.97 Å². The van der Waals surface area contributed by atoms with Gasteiger partial charge in [0, 0.05) is 37.4 Å². The summed E-state index contributed by atoms with van der Waals surface area (Å²) in [6.07, 6.45) is -35.2. The Bertz CT molecular complexity index is 1380. The fraction of sp³-hybridized carbons (Fsp3) is 0.903. The second kappa shape index (κ2) is 19.1. The van der Waals surface area contributed by atoms with Gasteiger partial charge in [0.2, 0.25) is 11.8 Å². The molecule has 4 heterocycles. The highest BCUT2D eigenvalue weighted by Gasteiger charge is 2.60. The number of rotatable bonds is 14. The van der Waals surface area contributed by atoms with E-state index in [1.54, 1.807) is 0 Å². The molecule has 0 bridgehead atoms. The lowest BCUT2D eigenvalue weighted by Gasteiger charge is -2.51. The van der Waals surface area contributed by atoms with Crippen molar-refractivity contribution in [3.8, 4) is 0 Å². The zero-order chi connectivity index (χ0) is 42.0. The number of aliphatic carboxylic acids is 1. The first-order valence-corrected chi connectivity index (χ1v) is 17.6. The van der Waals surface area contributed by atoms with Crippen LogP contribution in [-0.2, 0) is 47.5 Å². The molecule has 25 nitrogen and oxygen atoms in total. The molecule has 4 saturated heterocycles. The van der Waals surface area contributed by atoms with Gasteiger partial charge < -0.3 is 110 Å². The molecular formula is C31H76N2O23. The van der Waals surface area contributed by atoms with Gasteiger partial charge in [-0.1, -0.05) is 0 Å². The SMILES string of the molecule is CC(=O)NC1C(O)O[C@H](CO)[C@@H](O[C@@H]2O[C@@H](C)[C@@H](O)[C@@H](O)[C@@H]2O)[C@@H]1O[C@@H]1O[C@H](CO)[C@H](O)[C@H](O[C@]2(C(=O)O)C[C@H](O)[C@@H](NC(C)=O)[C@H]([C@H](O)[C@H](O)CO)O2)[C@H]1O.[HH].[HH].[HH].[HH].[HH].[HH].[HH].[HH].[HH].[HH].[HH].[HH]. The molecule has 0 aromatic rings. The molecule has 4 rings (SSSR count). The summed E-state index contributed by atoms with van der Waals surface area (Å²) in [4.78, 5) is 37.0. The summed E-state index contributed by atoms with van der Waals surface area (Å²) in [5, 5.41) is 142. The summed E-state index contributed by atoms with van der Waals surface area (Å²) in [5.41, 5.74) is 0. The van der Waals surface area contributed by atoms with E-state index in [1.807, 2.05) is 0 Å². The molecule has 0 aliphatic carbocycles. The van der Waals surface area contributed by atoms with Crippen LogP contribution in [0.1, 0.15) is 44.3 Å². The van der Waals surface area contributed by atoms with Crippen LogP contribution in [0.2, 0.25) is 0 Å². The number of carbonyl (C=O) groups is 3. The van der Waals surface area contributed by atoms with E-state index in [-0.39, 0.29) is 17.1 Å². The van der Waals surface area contributed by atoms with E-state index in [0.717, 1.165) is 13.8 Å². The normalized spacial score (nSPS) is 45.7. The van der Waals surface area contributed by atoms with Gasteiger partial charge in [-0.05, 0) is 6.92 Å². The fourth-order valence-electron chi connectivity index (χ4n) is 6.99. The van der Waals surface area contributed by atoms with Crippen molar-refractivity contribution in [2.45, 2.75) is 155 Å². The van der Waals surface area contributed by atoms with Crippen LogP contribution in [0.15, 0.2) is 0 Å². The summed E-state index contributed by atoms with van der Waals surface area (Å²) in [5.74, 6) is -6.72. The van der Waals surface area contributed by atoms with Gasteiger partial charge in [-0.2, -0.15) is 0 Å². The van der Waals surface area contributed by atoms with Gasteiger partial charge in [0.25, 0.3) is 5.79 Å². The van der Waals surface area contributed by atoms with Crippen molar-refractivity contribution >= 4 is 17.8 Å². The lowest BCUT2D eigenvalue weighted by Crippen LogP contribution is -2.71. The zero-order valence-corrected chi connectivity index (χ0v) is 30.3. The molecule has 56 heavy (non-hydrogen) atoms. The summed E-state index contributed by atoms with van der Waals surface area (Å²) in [6, 6.07) is -3.27. The standard InChI is InChI=1S/C31H52N2O23.12H2/c1-8-17(41)20(44)21(45)28(50-8)53-23-14(7-36)51-27(47)16(33-10(3)38)25(23)54-29-22(46)26(19(43)13(6-35)52-29)56-31(30(48)49)4-11(39)15(32-9(2)37)24(55-31)18(42)12(40)5-34;;;;;;;;;;;;/h8,11-29,34-36,39-47H,4-7H2,1-3H3,(H,32,37)(H,33,38)(H,48,49);12*1H/t8-,11-,12+,13+,14+,15+,16?,17+,18+,19-,20+,21-,22+,23+,24+,25+,26-,27?,28-,29-,31-;;;;;;;;;;;;/m0............/s1. The van der Waals surface area contributed by atoms with Crippen molar-refractivity contribution in [1.29, 1.82) is 0 Å². The number of amides is 2. The second-order valence-electron chi connectivity index (χ2n) is 14.0. The maximum absolute atomic E-state index is 12.9. The maximum atomic E-state index is 12.9. The van der Waals surface area contributed by atoms with E-state index in [1.165, 1.54) is 6.92 Å². The summed E-state index contributed by atoms with van der Waals surface area (Å²) in [6.45, 7) is 0.296.